The van der Waals surface area contributed by atoms with Crippen LogP contribution >= 0.6 is 0 Å². The van der Waals surface area contributed by atoms with Crippen LogP contribution in [0.15, 0.2) is 18.2 Å². The highest BCUT2D eigenvalue weighted by molar-refractivity contribution is 5.79. The smallest absolute Gasteiger partial charge is 0.293 e. The summed E-state index contributed by atoms with van der Waals surface area (Å²) in [5.41, 5.74) is 0.939. The van der Waals surface area contributed by atoms with E-state index in [0.717, 1.165) is 25.8 Å². The second-order valence-corrected chi connectivity index (χ2v) is 4.93. The quantitative estimate of drug-likeness (QED) is 0.412. The lowest BCUT2D eigenvalue weighted by Gasteiger charge is -2.30. The van der Waals surface area contributed by atoms with Gasteiger partial charge in [-0.15, -0.1) is 0 Å². The fourth-order valence-corrected chi connectivity index (χ4v) is 2.13. The molecule has 1 aromatic rings. The van der Waals surface area contributed by atoms with Gasteiger partial charge in [0.25, 0.3) is 5.69 Å². The molecule has 5 nitrogen and oxygen atoms in total. The van der Waals surface area contributed by atoms with Gasteiger partial charge in [-0.05, 0) is 31.9 Å². The molecule has 0 aromatic heterocycles. The Kier molecular flexibility index (Phi) is 6.15. The monoisotopic (exact) mass is 278 g/mol. The Hall–Kier alpha value is -1.91. The minimum atomic E-state index is -0.413. The maximum absolute atomic E-state index is 11.2. The Morgan fingerprint density at radius 2 is 2.10 bits per heavy atom. The van der Waals surface area contributed by atoms with Crippen molar-refractivity contribution in [2.45, 2.75) is 46.1 Å². The summed E-state index contributed by atoms with van der Waals surface area (Å²) in [5, 5.41) is 11.2. The van der Waals surface area contributed by atoms with Crippen molar-refractivity contribution in [1.29, 1.82) is 0 Å². The Morgan fingerprint density at radius 1 is 1.40 bits per heavy atom. The summed E-state index contributed by atoms with van der Waals surface area (Å²) < 4.78 is 0. The van der Waals surface area contributed by atoms with Crippen molar-refractivity contribution in [3.8, 4) is 0 Å². The number of nitro benzene ring substituents is 1. The normalized spacial score (nSPS) is 11.9. The highest BCUT2D eigenvalue weighted by atomic mass is 16.6. The number of hydrogen-bond donors (Lipinski definition) is 0. The molecule has 1 unspecified atom stereocenters. The SMILES string of the molecule is CCCCN(c1ccc(C=O)cc1[N+](=O)[O-])C(C)CC. The molecule has 0 aliphatic heterocycles. The van der Waals surface area contributed by atoms with Gasteiger partial charge in [0, 0.05) is 24.2 Å². The summed E-state index contributed by atoms with van der Waals surface area (Å²) >= 11 is 0. The van der Waals surface area contributed by atoms with Crippen molar-refractivity contribution in [2.75, 3.05) is 11.4 Å². The number of rotatable bonds is 8. The van der Waals surface area contributed by atoms with Gasteiger partial charge >= 0.3 is 0 Å². The van der Waals surface area contributed by atoms with E-state index in [2.05, 4.69) is 25.7 Å². The number of unbranched alkanes of at least 4 members (excludes halogenated alkanes) is 1. The maximum Gasteiger partial charge on any atom is 0.293 e. The lowest BCUT2D eigenvalue weighted by molar-refractivity contribution is -0.384. The fourth-order valence-electron chi connectivity index (χ4n) is 2.13. The van der Waals surface area contributed by atoms with Crippen LogP contribution in [0.4, 0.5) is 11.4 Å². The van der Waals surface area contributed by atoms with Gasteiger partial charge in [0.2, 0.25) is 0 Å². The zero-order chi connectivity index (χ0) is 15.1. The molecule has 1 atom stereocenters. The number of benzene rings is 1. The molecule has 5 heteroatoms. The molecular formula is C15H22N2O3. The summed E-state index contributed by atoms with van der Waals surface area (Å²) in [4.78, 5) is 23.7. The van der Waals surface area contributed by atoms with Crippen molar-refractivity contribution >= 4 is 17.7 Å². The molecular weight excluding hydrogens is 256 g/mol. The molecule has 0 saturated carbocycles. The van der Waals surface area contributed by atoms with Gasteiger partial charge in [-0.3, -0.25) is 14.9 Å². The van der Waals surface area contributed by atoms with E-state index in [4.69, 9.17) is 0 Å². The van der Waals surface area contributed by atoms with Crippen molar-refractivity contribution in [3.05, 3.63) is 33.9 Å². The molecule has 0 fully saturated rings. The predicted octanol–water partition coefficient (Wildman–Crippen LogP) is 3.81. The Morgan fingerprint density at radius 3 is 2.60 bits per heavy atom. The third-order valence-corrected chi connectivity index (χ3v) is 3.52. The molecule has 20 heavy (non-hydrogen) atoms. The number of carbonyl (C=O) groups excluding carboxylic acids is 1. The molecule has 0 spiro atoms. The second kappa shape index (κ2) is 7.62. The maximum atomic E-state index is 11.2. The van der Waals surface area contributed by atoms with E-state index in [1.165, 1.54) is 6.07 Å². The van der Waals surface area contributed by atoms with Gasteiger partial charge in [-0.2, -0.15) is 0 Å². The lowest BCUT2D eigenvalue weighted by Crippen LogP contribution is -2.34. The summed E-state index contributed by atoms with van der Waals surface area (Å²) in [6.45, 7) is 7.01. The molecule has 0 N–H and O–H groups in total. The highest BCUT2D eigenvalue weighted by Crippen LogP contribution is 2.31. The third kappa shape index (κ3) is 3.79. The average molecular weight is 278 g/mol. The van der Waals surface area contributed by atoms with E-state index in [1.54, 1.807) is 12.1 Å². The van der Waals surface area contributed by atoms with E-state index in [9.17, 15) is 14.9 Å². The first-order chi connectivity index (χ1) is 9.54. The molecule has 0 amide bonds. The summed E-state index contributed by atoms with van der Waals surface area (Å²) in [5.74, 6) is 0. The zero-order valence-electron chi connectivity index (χ0n) is 12.3. The average Bonchev–Trinajstić information content (AvgIpc) is 2.47. The number of aldehydes is 1. The number of nitro groups is 1. The van der Waals surface area contributed by atoms with E-state index >= 15 is 0 Å². The van der Waals surface area contributed by atoms with E-state index < -0.39 is 4.92 Å². The van der Waals surface area contributed by atoms with Crippen LogP contribution in [0.5, 0.6) is 0 Å². The van der Waals surface area contributed by atoms with Crippen LogP contribution in [-0.2, 0) is 0 Å². The van der Waals surface area contributed by atoms with Crippen molar-refractivity contribution in [3.63, 3.8) is 0 Å². The molecule has 0 aliphatic rings. The van der Waals surface area contributed by atoms with E-state index in [1.807, 2.05) is 0 Å². The first kappa shape index (κ1) is 16.1. The molecule has 0 aliphatic carbocycles. The van der Waals surface area contributed by atoms with Crippen LogP contribution in [0.3, 0.4) is 0 Å². The van der Waals surface area contributed by atoms with E-state index in [-0.39, 0.29) is 11.7 Å². The van der Waals surface area contributed by atoms with Gasteiger partial charge in [-0.25, -0.2) is 0 Å². The number of carbonyl (C=O) groups is 1. The van der Waals surface area contributed by atoms with Crippen molar-refractivity contribution in [1.82, 2.24) is 0 Å². The second-order valence-electron chi connectivity index (χ2n) is 4.93. The fraction of sp³-hybridized carbons (Fsp3) is 0.533. The van der Waals surface area contributed by atoms with Crippen LogP contribution in [0.1, 0.15) is 50.4 Å². The van der Waals surface area contributed by atoms with Gasteiger partial charge in [-0.1, -0.05) is 20.3 Å². The van der Waals surface area contributed by atoms with Crippen LogP contribution < -0.4 is 4.90 Å². The van der Waals surface area contributed by atoms with Crippen LogP contribution in [-0.4, -0.2) is 23.8 Å². The first-order valence-electron chi connectivity index (χ1n) is 7.05. The zero-order valence-corrected chi connectivity index (χ0v) is 12.3. The predicted molar refractivity (Wildman–Crippen MR) is 80.5 cm³/mol. The molecule has 110 valence electrons. The van der Waals surface area contributed by atoms with Gasteiger partial charge < -0.3 is 4.90 Å². The highest BCUT2D eigenvalue weighted by Gasteiger charge is 2.22. The van der Waals surface area contributed by atoms with Crippen molar-refractivity contribution < 1.29 is 9.72 Å². The Balaban J connectivity index is 3.23. The molecule has 1 rings (SSSR count). The molecule has 1 aromatic carbocycles. The van der Waals surface area contributed by atoms with Crippen LogP contribution in [0.25, 0.3) is 0 Å². The molecule has 0 heterocycles. The summed E-state index contributed by atoms with van der Waals surface area (Å²) in [7, 11) is 0. The molecule has 0 bridgehead atoms. The number of nitrogens with zero attached hydrogens (tertiary/aromatic N) is 2. The minimum absolute atomic E-state index is 0.00556. The standard InChI is InChI=1S/C15H22N2O3/c1-4-6-9-16(12(3)5-2)14-8-7-13(11-18)10-15(14)17(19)20/h7-8,10-12H,4-6,9H2,1-3H3. The van der Waals surface area contributed by atoms with Gasteiger partial charge in [0.15, 0.2) is 0 Å². The van der Waals surface area contributed by atoms with E-state index in [0.29, 0.717) is 17.5 Å². The molecule has 0 saturated heterocycles. The largest absolute Gasteiger partial charge is 0.363 e. The van der Waals surface area contributed by atoms with Crippen LogP contribution in [0.2, 0.25) is 0 Å². The lowest BCUT2D eigenvalue weighted by atomic mass is 10.1. The number of anilines is 1. The van der Waals surface area contributed by atoms with Crippen molar-refractivity contribution in [2.24, 2.45) is 0 Å². The summed E-state index contributed by atoms with van der Waals surface area (Å²) in [6, 6.07) is 4.90. The number of hydrogen-bond acceptors (Lipinski definition) is 4. The van der Waals surface area contributed by atoms with Gasteiger partial charge in [0.05, 0.1) is 4.92 Å². The minimum Gasteiger partial charge on any atom is -0.363 e. The topological polar surface area (TPSA) is 63.5 Å². The van der Waals surface area contributed by atoms with Crippen LogP contribution in [0, 0.1) is 10.1 Å². The van der Waals surface area contributed by atoms with Gasteiger partial charge in [0.1, 0.15) is 12.0 Å². The summed E-state index contributed by atoms with van der Waals surface area (Å²) in [6.07, 6.45) is 3.57. The Bertz CT molecular complexity index is 474. The third-order valence-electron chi connectivity index (χ3n) is 3.52. The Labute approximate surface area is 119 Å². The first-order valence-corrected chi connectivity index (χ1v) is 7.05. The molecule has 0 radical (unpaired) electrons.